The topological polar surface area (TPSA) is 78.0 Å². The number of aryl methyl sites for hydroxylation is 2. The Morgan fingerprint density at radius 3 is 2.63 bits per heavy atom. The highest BCUT2D eigenvalue weighted by atomic mass is 19.3. The molecule has 0 bridgehead atoms. The number of amides is 1. The number of carbonyl (C=O) groups is 1. The number of amidine groups is 1. The average Bonchev–Trinajstić information content (AvgIpc) is 3.57. The second-order valence-corrected chi connectivity index (χ2v) is 12.5. The maximum Gasteiger partial charge on any atom is 0.264 e. The van der Waals surface area contributed by atoms with Gasteiger partial charge in [0.1, 0.15) is 0 Å². The molecule has 1 amide bonds. The van der Waals surface area contributed by atoms with E-state index >= 15 is 0 Å². The van der Waals surface area contributed by atoms with Gasteiger partial charge in [0.25, 0.3) is 6.43 Å². The van der Waals surface area contributed by atoms with Crippen molar-refractivity contribution in [3.05, 3.63) is 46.9 Å². The Kier molecular flexibility index (Phi) is 7.63. The molecule has 1 N–H and O–H groups in total. The van der Waals surface area contributed by atoms with Crippen molar-refractivity contribution < 1.29 is 23.0 Å². The Balaban J connectivity index is 1.22. The number of benzene rings is 1. The Morgan fingerprint density at radius 1 is 1.14 bits per heavy atom. The van der Waals surface area contributed by atoms with Gasteiger partial charge in [0, 0.05) is 74.2 Å². The molecule has 7 rings (SSSR count). The first-order valence-electron chi connectivity index (χ1n) is 15.6. The fourth-order valence-electron chi connectivity index (χ4n) is 7.10. The van der Waals surface area contributed by atoms with Crippen molar-refractivity contribution in [1.29, 1.82) is 0 Å². The second kappa shape index (κ2) is 11.6. The lowest BCUT2D eigenvalue weighted by molar-refractivity contribution is -0.479. The van der Waals surface area contributed by atoms with Crippen LogP contribution in [0.2, 0.25) is 0 Å². The first kappa shape index (κ1) is 28.3. The van der Waals surface area contributed by atoms with Gasteiger partial charge in [-0.15, -0.1) is 0 Å². The zero-order chi connectivity index (χ0) is 29.7. The molecule has 0 unspecified atom stereocenters. The Morgan fingerprint density at radius 2 is 1.95 bits per heavy atom. The van der Waals surface area contributed by atoms with Crippen LogP contribution in [0, 0.1) is 5.92 Å². The zero-order valence-corrected chi connectivity index (χ0v) is 24.9. The van der Waals surface area contributed by atoms with Crippen LogP contribution in [0.5, 0.6) is 0 Å². The van der Waals surface area contributed by atoms with Gasteiger partial charge in [-0.1, -0.05) is 4.68 Å². The number of hydrogen-bond acceptors (Lipinski definition) is 6. The molecule has 1 aliphatic carbocycles. The summed E-state index contributed by atoms with van der Waals surface area (Å²) in [5, 5.41) is 12.6. The molecule has 1 saturated carbocycles. The predicted octanol–water partition coefficient (Wildman–Crippen LogP) is 4.24. The minimum Gasteiger partial charge on any atom is -0.372 e. The van der Waals surface area contributed by atoms with Crippen LogP contribution in [0.3, 0.4) is 0 Å². The second-order valence-electron chi connectivity index (χ2n) is 12.5. The molecule has 2 aromatic rings. The molecule has 1 aromatic carbocycles. The van der Waals surface area contributed by atoms with Gasteiger partial charge < -0.3 is 19.9 Å². The molecule has 5 heterocycles. The first-order valence-corrected chi connectivity index (χ1v) is 15.6. The van der Waals surface area contributed by atoms with E-state index in [1.165, 1.54) is 0 Å². The van der Waals surface area contributed by atoms with Crippen molar-refractivity contribution >= 4 is 23.6 Å². The largest absolute Gasteiger partial charge is 0.372 e. The van der Waals surface area contributed by atoms with Crippen LogP contribution in [-0.2, 0) is 23.0 Å². The van der Waals surface area contributed by atoms with E-state index in [2.05, 4.69) is 26.2 Å². The number of carbonyl (C=O) groups excluding carboxylic acids is 1. The Labute approximate surface area is 250 Å². The average molecular weight is 593 g/mol. The molecule has 228 valence electrons. The van der Waals surface area contributed by atoms with Gasteiger partial charge in [-0.2, -0.15) is 5.10 Å². The number of nitrogens with one attached hydrogen (secondary N) is 1. The number of nitrogens with zero attached hydrogens (tertiary/aromatic N) is 6. The normalized spacial score (nSPS) is 25.2. The summed E-state index contributed by atoms with van der Waals surface area (Å²) in [7, 11) is 1.79. The third-order valence-corrected chi connectivity index (χ3v) is 9.59. The van der Waals surface area contributed by atoms with Gasteiger partial charge in [-0.3, -0.25) is 9.48 Å². The lowest BCUT2D eigenvalue weighted by Crippen LogP contribution is -2.50. The number of fused-ring (bicyclic) bond motifs is 1. The highest BCUT2D eigenvalue weighted by Gasteiger charge is 2.42. The molecule has 11 heteroatoms. The van der Waals surface area contributed by atoms with Gasteiger partial charge >= 0.3 is 0 Å². The fraction of sp³-hybridized carbons (Fsp3) is 0.562. The third kappa shape index (κ3) is 5.53. The first-order chi connectivity index (χ1) is 20.8. The summed E-state index contributed by atoms with van der Waals surface area (Å²) in [5.41, 5.74) is 5.18. The van der Waals surface area contributed by atoms with Crippen molar-refractivity contribution in [1.82, 2.24) is 20.0 Å². The van der Waals surface area contributed by atoms with Crippen LogP contribution in [0.25, 0.3) is 11.1 Å². The summed E-state index contributed by atoms with van der Waals surface area (Å²) in [4.78, 5) is 16.4. The van der Waals surface area contributed by atoms with Crippen LogP contribution < -0.4 is 10.2 Å². The SMILES string of the molecule is CC(=O)N1CCC2=C(C1)C(N1CCCc3cc(-c4cnn(C)c4)c(C(F)F)cc31)=N/[N+]2=C\C1CCC(OC2CNC2)CC1. The van der Waals surface area contributed by atoms with E-state index in [1.54, 1.807) is 37.1 Å². The van der Waals surface area contributed by atoms with E-state index in [9.17, 15) is 13.6 Å². The standard InChI is InChI=1S/C32H40F2N7O2/c1-20(42)39-11-9-29-28(19-39)32(37-41(29)17-21-5-7-24(8-6-21)43-25-15-35-16-25)40-10-3-4-22-12-26(23-14-36-38(2)18-23)27(31(33)34)13-30(22)40/h12-14,17-18,21,24-25,31,35H,3-11,15-16,19H2,1-2H3/q+1/b41-17-. The van der Waals surface area contributed by atoms with Crippen molar-refractivity contribution in [2.24, 2.45) is 18.1 Å². The van der Waals surface area contributed by atoms with Crippen LogP contribution >= 0.6 is 0 Å². The monoisotopic (exact) mass is 592 g/mol. The van der Waals surface area contributed by atoms with Crippen LogP contribution in [0.15, 0.2) is 40.9 Å². The van der Waals surface area contributed by atoms with E-state index in [0.717, 1.165) is 80.0 Å². The van der Waals surface area contributed by atoms with Crippen LogP contribution in [0.4, 0.5) is 14.5 Å². The smallest absolute Gasteiger partial charge is 0.264 e. The molecular formula is C32H40F2N7O2+. The lowest BCUT2D eigenvalue weighted by Gasteiger charge is -2.34. The van der Waals surface area contributed by atoms with Gasteiger partial charge in [-0.05, 0) is 61.8 Å². The van der Waals surface area contributed by atoms with E-state index in [1.807, 2.05) is 11.0 Å². The molecule has 0 spiro atoms. The summed E-state index contributed by atoms with van der Waals surface area (Å²) in [5.74, 6) is 1.21. The third-order valence-electron chi connectivity index (χ3n) is 9.59. The molecule has 9 nitrogen and oxygen atoms in total. The minimum absolute atomic E-state index is 0.000496. The van der Waals surface area contributed by atoms with E-state index in [4.69, 9.17) is 9.84 Å². The number of aromatic nitrogens is 2. The number of ether oxygens (including phenoxy) is 1. The molecule has 5 aliphatic rings. The van der Waals surface area contributed by atoms with E-state index in [0.29, 0.717) is 55.3 Å². The van der Waals surface area contributed by atoms with E-state index in [-0.39, 0.29) is 11.5 Å². The van der Waals surface area contributed by atoms with Gasteiger partial charge in [0.15, 0.2) is 6.21 Å². The summed E-state index contributed by atoms with van der Waals surface area (Å²) in [6.45, 7) is 5.32. The van der Waals surface area contributed by atoms with Gasteiger partial charge in [-0.25, -0.2) is 8.78 Å². The number of rotatable bonds is 5. The van der Waals surface area contributed by atoms with Crippen molar-refractivity contribution in [2.75, 3.05) is 37.6 Å². The fourth-order valence-corrected chi connectivity index (χ4v) is 7.10. The number of hydrogen-bond donors (Lipinski definition) is 1. The Hall–Kier alpha value is -3.44. The summed E-state index contributed by atoms with van der Waals surface area (Å²) in [6.07, 6.45) is 10.3. The zero-order valence-electron chi connectivity index (χ0n) is 24.9. The molecule has 2 fully saturated rings. The molecule has 43 heavy (non-hydrogen) atoms. The van der Waals surface area contributed by atoms with Crippen molar-refractivity contribution in [3.63, 3.8) is 0 Å². The van der Waals surface area contributed by atoms with E-state index < -0.39 is 6.43 Å². The Bertz CT molecular complexity index is 1500. The van der Waals surface area contributed by atoms with Crippen molar-refractivity contribution in [2.45, 2.75) is 70.5 Å². The molecule has 1 saturated heterocycles. The lowest BCUT2D eigenvalue weighted by atomic mass is 9.88. The number of hydrazone groups is 1. The van der Waals surface area contributed by atoms with Gasteiger partial charge in [0.05, 0.1) is 36.9 Å². The number of halogens is 2. The molecule has 1 aromatic heterocycles. The maximum atomic E-state index is 14.5. The minimum atomic E-state index is -2.63. The molecular weight excluding hydrogens is 552 g/mol. The molecule has 0 radical (unpaired) electrons. The molecule has 4 aliphatic heterocycles. The summed E-state index contributed by atoms with van der Waals surface area (Å²) >= 11 is 0. The summed E-state index contributed by atoms with van der Waals surface area (Å²) in [6, 6.07) is 3.57. The highest BCUT2D eigenvalue weighted by Crippen LogP contribution is 2.41. The van der Waals surface area contributed by atoms with Crippen molar-refractivity contribution in [3.8, 4) is 11.1 Å². The van der Waals surface area contributed by atoms with Gasteiger partial charge in [0.2, 0.25) is 17.4 Å². The highest BCUT2D eigenvalue weighted by molar-refractivity contribution is 6.12. The number of alkyl halides is 2. The summed E-state index contributed by atoms with van der Waals surface area (Å²) < 4.78 is 38.9. The van der Waals surface area contributed by atoms with Crippen LogP contribution in [0.1, 0.15) is 63.0 Å². The maximum absolute atomic E-state index is 14.5. The number of anilines is 1. The van der Waals surface area contributed by atoms with Crippen LogP contribution in [-0.4, -0.2) is 82.3 Å². The quantitative estimate of drug-likeness (QED) is 0.526. The molecule has 0 atom stereocenters. The predicted molar refractivity (Wildman–Crippen MR) is 160 cm³/mol.